The van der Waals surface area contributed by atoms with E-state index in [0.29, 0.717) is 28.9 Å². The Labute approximate surface area is 104 Å². The molecule has 6 heteroatoms. The number of carbonyl (C=O) groups is 1. The molecule has 0 aliphatic carbocycles. The van der Waals surface area contributed by atoms with E-state index in [0.717, 1.165) is 0 Å². The normalized spacial score (nSPS) is 10.3. The predicted octanol–water partition coefficient (Wildman–Crippen LogP) is 0.819. The van der Waals surface area contributed by atoms with Gasteiger partial charge < -0.3 is 10.5 Å². The van der Waals surface area contributed by atoms with Gasteiger partial charge in [0.05, 0.1) is 23.4 Å². The van der Waals surface area contributed by atoms with Gasteiger partial charge in [0, 0.05) is 11.6 Å². The zero-order valence-electron chi connectivity index (χ0n) is 9.93. The van der Waals surface area contributed by atoms with Gasteiger partial charge in [-0.1, -0.05) is 0 Å². The Hall–Kier alpha value is -2.34. The van der Waals surface area contributed by atoms with Gasteiger partial charge >= 0.3 is 0 Å². The van der Waals surface area contributed by atoms with Crippen LogP contribution in [0.15, 0.2) is 24.4 Å². The molecule has 2 rings (SSSR count). The molecule has 1 heterocycles. The number of rotatable bonds is 3. The second-order valence-corrected chi connectivity index (χ2v) is 3.67. The van der Waals surface area contributed by atoms with Crippen LogP contribution in [0.2, 0.25) is 0 Å². The third kappa shape index (κ3) is 2.05. The van der Waals surface area contributed by atoms with Gasteiger partial charge in [0.15, 0.2) is 0 Å². The average molecular weight is 246 g/mol. The lowest BCUT2D eigenvalue weighted by molar-refractivity contribution is 0.0954. The van der Waals surface area contributed by atoms with E-state index in [2.05, 4.69) is 4.98 Å². The molecule has 1 amide bonds. The molecule has 0 saturated heterocycles. The first-order chi connectivity index (χ1) is 8.67. The second kappa shape index (κ2) is 4.89. The zero-order chi connectivity index (χ0) is 13.1. The standard InChI is InChI=1S/C12H14N4O2/c1-2-18-7-3-4-10-8(5-7)11(13)9(6-15-10)12(17)16-14/h3-6H,2,14H2,1H3,(H2,13,15)(H,16,17). The molecule has 0 aliphatic heterocycles. The van der Waals surface area contributed by atoms with Gasteiger partial charge in [-0.2, -0.15) is 0 Å². The fourth-order valence-electron chi connectivity index (χ4n) is 1.71. The molecular formula is C12H14N4O2. The third-order valence-electron chi connectivity index (χ3n) is 2.57. The number of anilines is 1. The average Bonchev–Trinajstić information content (AvgIpc) is 2.39. The first kappa shape index (κ1) is 12.1. The van der Waals surface area contributed by atoms with Crippen molar-refractivity contribution in [1.82, 2.24) is 10.4 Å². The quantitative estimate of drug-likeness (QED) is 0.422. The van der Waals surface area contributed by atoms with Gasteiger partial charge in [0.25, 0.3) is 5.91 Å². The smallest absolute Gasteiger partial charge is 0.268 e. The summed E-state index contributed by atoms with van der Waals surface area (Å²) in [5.74, 6) is 5.30. The summed E-state index contributed by atoms with van der Waals surface area (Å²) in [5.41, 5.74) is 9.27. The van der Waals surface area contributed by atoms with Crippen molar-refractivity contribution in [1.29, 1.82) is 0 Å². The van der Waals surface area contributed by atoms with Crippen LogP contribution in [0, 0.1) is 0 Å². The van der Waals surface area contributed by atoms with Crippen LogP contribution >= 0.6 is 0 Å². The minimum absolute atomic E-state index is 0.249. The van der Waals surface area contributed by atoms with E-state index in [-0.39, 0.29) is 5.56 Å². The molecule has 2 aromatic rings. The first-order valence-corrected chi connectivity index (χ1v) is 5.49. The Morgan fingerprint density at radius 2 is 2.28 bits per heavy atom. The predicted molar refractivity (Wildman–Crippen MR) is 69.0 cm³/mol. The highest BCUT2D eigenvalue weighted by molar-refractivity contribution is 6.06. The summed E-state index contributed by atoms with van der Waals surface area (Å²) in [7, 11) is 0. The van der Waals surface area contributed by atoms with Crippen LogP contribution in [0.1, 0.15) is 17.3 Å². The van der Waals surface area contributed by atoms with Crippen LogP contribution in [0.3, 0.4) is 0 Å². The number of nitrogen functional groups attached to an aromatic ring is 2. The zero-order valence-corrected chi connectivity index (χ0v) is 9.93. The molecule has 0 bridgehead atoms. The van der Waals surface area contributed by atoms with Gasteiger partial charge in [-0.05, 0) is 25.1 Å². The van der Waals surface area contributed by atoms with Crippen molar-refractivity contribution in [2.75, 3.05) is 12.3 Å². The van der Waals surface area contributed by atoms with E-state index in [1.165, 1.54) is 6.20 Å². The van der Waals surface area contributed by atoms with Gasteiger partial charge in [0.2, 0.25) is 0 Å². The van der Waals surface area contributed by atoms with Crippen LogP contribution in [0.5, 0.6) is 5.75 Å². The third-order valence-corrected chi connectivity index (χ3v) is 2.57. The summed E-state index contributed by atoms with van der Waals surface area (Å²) in [5, 5.41) is 0.669. The Kier molecular flexibility index (Phi) is 3.29. The van der Waals surface area contributed by atoms with Gasteiger partial charge in [-0.3, -0.25) is 15.2 Å². The van der Waals surface area contributed by atoms with E-state index in [1.807, 2.05) is 12.3 Å². The monoisotopic (exact) mass is 246 g/mol. The van der Waals surface area contributed by atoms with Crippen molar-refractivity contribution >= 4 is 22.5 Å². The molecule has 0 aliphatic rings. The minimum Gasteiger partial charge on any atom is -0.494 e. The number of nitrogens with one attached hydrogen (secondary N) is 1. The lowest BCUT2D eigenvalue weighted by atomic mass is 10.1. The summed E-state index contributed by atoms with van der Waals surface area (Å²) >= 11 is 0. The maximum absolute atomic E-state index is 11.5. The Morgan fingerprint density at radius 1 is 1.50 bits per heavy atom. The van der Waals surface area contributed by atoms with Crippen LogP contribution in [0.25, 0.3) is 10.9 Å². The van der Waals surface area contributed by atoms with Crippen molar-refractivity contribution in [3.63, 3.8) is 0 Å². The van der Waals surface area contributed by atoms with Crippen molar-refractivity contribution in [3.8, 4) is 5.75 Å². The van der Waals surface area contributed by atoms with E-state index >= 15 is 0 Å². The molecule has 18 heavy (non-hydrogen) atoms. The van der Waals surface area contributed by atoms with E-state index in [4.69, 9.17) is 16.3 Å². The summed E-state index contributed by atoms with van der Waals surface area (Å²) in [6.45, 7) is 2.45. The number of aromatic nitrogens is 1. The van der Waals surface area contributed by atoms with Crippen molar-refractivity contribution < 1.29 is 9.53 Å². The maximum atomic E-state index is 11.5. The number of pyridine rings is 1. The largest absolute Gasteiger partial charge is 0.494 e. The van der Waals surface area contributed by atoms with Gasteiger partial charge in [0.1, 0.15) is 5.75 Å². The van der Waals surface area contributed by atoms with Gasteiger partial charge in [-0.15, -0.1) is 0 Å². The molecule has 1 aromatic heterocycles. The molecule has 0 unspecified atom stereocenters. The van der Waals surface area contributed by atoms with E-state index < -0.39 is 5.91 Å². The highest BCUT2D eigenvalue weighted by atomic mass is 16.5. The molecule has 0 spiro atoms. The molecule has 0 radical (unpaired) electrons. The number of nitrogens with zero attached hydrogens (tertiary/aromatic N) is 1. The lowest BCUT2D eigenvalue weighted by Gasteiger charge is -2.09. The number of nitrogens with two attached hydrogens (primary N) is 2. The number of benzene rings is 1. The maximum Gasteiger partial charge on any atom is 0.268 e. The second-order valence-electron chi connectivity index (χ2n) is 3.67. The lowest BCUT2D eigenvalue weighted by Crippen LogP contribution is -2.30. The molecule has 0 atom stereocenters. The molecule has 94 valence electrons. The van der Waals surface area contributed by atoms with Crippen molar-refractivity contribution in [2.45, 2.75) is 6.92 Å². The topological polar surface area (TPSA) is 103 Å². The highest BCUT2D eigenvalue weighted by Crippen LogP contribution is 2.26. The number of amides is 1. The number of hydrogen-bond acceptors (Lipinski definition) is 5. The molecule has 0 saturated carbocycles. The van der Waals surface area contributed by atoms with Crippen LogP contribution in [-0.2, 0) is 0 Å². The molecule has 1 aromatic carbocycles. The summed E-state index contributed by atoms with van der Waals surface area (Å²) < 4.78 is 5.39. The summed E-state index contributed by atoms with van der Waals surface area (Å²) in [6, 6.07) is 5.36. The number of hydrogen-bond donors (Lipinski definition) is 3. The number of carbonyl (C=O) groups excluding carboxylic acids is 1. The first-order valence-electron chi connectivity index (χ1n) is 5.49. The summed E-state index contributed by atoms with van der Waals surface area (Å²) in [4.78, 5) is 15.7. The van der Waals surface area contributed by atoms with Crippen LogP contribution < -0.4 is 21.7 Å². The van der Waals surface area contributed by atoms with E-state index in [1.54, 1.807) is 18.2 Å². The van der Waals surface area contributed by atoms with Crippen molar-refractivity contribution in [3.05, 3.63) is 30.0 Å². The molecular weight excluding hydrogens is 232 g/mol. The highest BCUT2D eigenvalue weighted by Gasteiger charge is 2.12. The molecule has 6 nitrogen and oxygen atoms in total. The number of ether oxygens (including phenoxy) is 1. The fraction of sp³-hybridized carbons (Fsp3) is 0.167. The van der Waals surface area contributed by atoms with E-state index in [9.17, 15) is 4.79 Å². The van der Waals surface area contributed by atoms with Crippen LogP contribution in [0.4, 0.5) is 5.69 Å². The molecule has 5 N–H and O–H groups in total. The van der Waals surface area contributed by atoms with Gasteiger partial charge in [-0.25, -0.2) is 5.84 Å². The number of fused-ring (bicyclic) bond motifs is 1. The van der Waals surface area contributed by atoms with Crippen molar-refractivity contribution in [2.24, 2.45) is 5.84 Å². The number of hydrazine groups is 1. The summed E-state index contributed by atoms with van der Waals surface area (Å²) in [6.07, 6.45) is 1.40. The molecule has 0 fully saturated rings. The Morgan fingerprint density at radius 3 is 2.94 bits per heavy atom. The Balaban J connectivity index is 2.60. The van der Waals surface area contributed by atoms with Crippen LogP contribution in [-0.4, -0.2) is 17.5 Å². The Bertz CT molecular complexity index is 598. The fourth-order valence-corrected chi connectivity index (χ4v) is 1.71. The SMILES string of the molecule is CCOc1ccc2ncc(C(=O)NN)c(N)c2c1. The minimum atomic E-state index is -0.469.